The summed E-state index contributed by atoms with van der Waals surface area (Å²) < 4.78 is 1.78. The first-order valence-corrected chi connectivity index (χ1v) is 5.92. The van der Waals surface area contributed by atoms with Gasteiger partial charge in [0.25, 0.3) is 0 Å². The van der Waals surface area contributed by atoms with Crippen LogP contribution in [0.4, 0.5) is 0 Å². The number of benzene rings is 1. The zero-order chi connectivity index (χ0) is 12.1. The van der Waals surface area contributed by atoms with Crippen molar-refractivity contribution in [1.29, 1.82) is 0 Å². The van der Waals surface area contributed by atoms with Crippen molar-refractivity contribution in [2.24, 2.45) is 0 Å². The number of tetrazole rings is 1. The lowest BCUT2D eigenvalue weighted by Crippen LogP contribution is -2.16. The lowest BCUT2D eigenvalue weighted by atomic mass is 10.1. The summed E-state index contributed by atoms with van der Waals surface area (Å²) in [4.78, 5) is 0. The summed E-state index contributed by atoms with van der Waals surface area (Å²) in [6.07, 6.45) is 1.01. The largest absolute Gasteiger partial charge is 0.310 e. The second kappa shape index (κ2) is 5.54. The zero-order valence-corrected chi connectivity index (χ0v) is 10.2. The number of rotatable bonds is 5. The molecule has 1 heterocycles. The van der Waals surface area contributed by atoms with Gasteiger partial charge in [0.05, 0.1) is 12.2 Å². The van der Waals surface area contributed by atoms with Crippen LogP contribution >= 0.6 is 0 Å². The van der Waals surface area contributed by atoms with E-state index >= 15 is 0 Å². The Morgan fingerprint density at radius 2 is 2.18 bits per heavy atom. The van der Waals surface area contributed by atoms with Crippen molar-refractivity contribution in [3.63, 3.8) is 0 Å². The molecule has 0 aliphatic heterocycles. The highest BCUT2D eigenvalue weighted by molar-refractivity contribution is 5.35. The molecule has 0 unspecified atom stereocenters. The van der Waals surface area contributed by atoms with Crippen LogP contribution in [-0.2, 0) is 13.0 Å². The van der Waals surface area contributed by atoms with Crippen LogP contribution in [0.15, 0.2) is 24.3 Å². The monoisotopic (exact) mass is 231 g/mol. The van der Waals surface area contributed by atoms with Crippen LogP contribution in [0, 0.1) is 0 Å². The molecule has 5 heteroatoms. The Hall–Kier alpha value is -1.75. The normalized spacial score (nSPS) is 10.7. The van der Waals surface area contributed by atoms with E-state index in [4.69, 9.17) is 0 Å². The smallest absolute Gasteiger partial charge is 0.170 e. The fraction of sp³-hybridized carbons (Fsp3) is 0.417. The highest BCUT2D eigenvalue weighted by Crippen LogP contribution is 2.11. The molecule has 17 heavy (non-hydrogen) atoms. The Balaban J connectivity index is 2.28. The first kappa shape index (κ1) is 11.7. The summed E-state index contributed by atoms with van der Waals surface area (Å²) in [5.74, 6) is 0.833. The summed E-state index contributed by atoms with van der Waals surface area (Å²) >= 11 is 0. The molecule has 1 aromatic heterocycles. The summed E-state index contributed by atoms with van der Waals surface area (Å²) in [5.41, 5.74) is 2.30. The van der Waals surface area contributed by atoms with E-state index in [1.807, 2.05) is 12.1 Å². The minimum Gasteiger partial charge on any atom is -0.310 e. The Morgan fingerprint density at radius 1 is 1.29 bits per heavy atom. The molecule has 90 valence electrons. The van der Waals surface area contributed by atoms with E-state index in [1.165, 1.54) is 5.56 Å². The third kappa shape index (κ3) is 2.68. The second-order valence-electron chi connectivity index (χ2n) is 3.81. The van der Waals surface area contributed by atoms with Gasteiger partial charge in [-0.15, -0.1) is 5.10 Å². The Labute approximate surface area is 101 Å². The molecule has 0 amide bonds. The van der Waals surface area contributed by atoms with Crippen LogP contribution in [0.3, 0.4) is 0 Å². The van der Waals surface area contributed by atoms with Gasteiger partial charge in [-0.3, -0.25) is 0 Å². The summed E-state index contributed by atoms with van der Waals surface area (Å²) in [5, 5.41) is 15.0. The Bertz CT molecular complexity index is 477. The van der Waals surface area contributed by atoms with Crippen molar-refractivity contribution in [2.45, 2.75) is 26.8 Å². The first-order valence-electron chi connectivity index (χ1n) is 5.92. The van der Waals surface area contributed by atoms with Gasteiger partial charge in [0.2, 0.25) is 0 Å². The fourth-order valence-electron chi connectivity index (χ4n) is 1.66. The highest BCUT2D eigenvalue weighted by Gasteiger charge is 2.07. The molecule has 5 nitrogen and oxygen atoms in total. The quantitative estimate of drug-likeness (QED) is 0.843. The molecule has 0 aliphatic carbocycles. The molecular weight excluding hydrogens is 214 g/mol. The molecule has 0 bridgehead atoms. The molecule has 0 saturated heterocycles. The van der Waals surface area contributed by atoms with E-state index < -0.39 is 0 Å². The molecule has 0 fully saturated rings. The van der Waals surface area contributed by atoms with Crippen molar-refractivity contribution >= 4 is 0 Å². The highest BCUT2D eigenvalue weighted by atomic mass is 15.5. The molecular formula is C12H17N5. The van der Waals surface area contributed by atoms with Crippen molar-refractivity contribution in [1.82, 2.24) is 25.5 Å². The molecule has 1 aromatic carbocycles. The Kier molecular flexibility index (Phi) is 3.82. The average Bonchev–Trinajstić information content (AvgIpc) is 2.84. The van der Waals surface area contributed by atoms with Crippen LogP contribution in [0.1, 0.15) is 25.2 Å². The minimum atomic E-state index is 0.680. The maximum absolute atomic E-state index is 4.03. The molecule has 0 radical (unpaired) electrons. The number of nitrogens with zero attached hydrogens (tertiary/aromatic N) is 4. The number of hydrogen-bond donors (Lipinski definition) is 1. The molecule has 0 spiro atoms. The predicted octanol–water partition coefficient (Wildman–Crippen LogP) is 1.33. The van der Waals surface area contributed by atoms with E-state index in [1.54, 1.807) is 4.68 Å². The number of nitrogens with one attached hydrogen (secondary N) is 1. The third-order valence-electron chi connectivity index (χ3n) is 2.63. The van der Waals surface area contributed by atoms with Gasteiger partial charge >= 0.3 is 0 Å². The lowest BCUT2D eigenvalue weighted by molar-refractivity contribution is 0.663. The number of hydrogen-bond acceptors (Lipinski definition) is 4. The predicted molar refractivity (Wildman–Crippen MR) is 65.9 cm³/mol. The van der Waals surface area contributed by atoms with Crippen molar-refractivity contribution in [2.75, 3.05) is 6.54 Å². The fourth-order valence-corrected chi connectivity index (χ4v) is 1.66. The summed E-state index contributed by atoms with van der Waals surface area (Å²) in [6.45, 7) is 5.78. The Morgan fingerprint density at radius 3 is 2.94 bits per heavy atom. The summed E-state index contributed by atoms with van der Waals surface area (Å²) in [6, 6.07) is 8.28. The number of aromatic nitrogens is 4. The molecule has 0 saturated carbocycles. The standard InChI is InChI=1S/C12H17N5/c1-3-10-6-5-7-11(8-10)17-12(9-13-4-2)14-15-16-17/h5-8,13H,3-4,9H2,1-2H3. The van der Waals surface area contributed by atoms with E-state index in [0.29, 0.717) is 6.54 Å². The van der Waals surface area contributed by atoms with Gasteiger partial charge in [-0.1, -0.05) is 26.0 Å². The van der Waals surface area contributed by atoms with E-state index in [2.05, 4.69) is 46.8 Å². The minimum absolute atomic E-state index is 0.680. The van der Waals surface area contributed by atoms with Gasteiger partial charge in [0.1, 0.15) is 0 Å². The number of aryl methyl sites for hydroxylation is 1. The second-order valence-corrected chi connectivity index (χ2v) is 3.81. The first-order chi connectivity index (χ1) is 8.35. The van der Waals surface area contributed by atoms with Crippen LogP contribution in [0.2, 0.25) is 0 Å². The van der Waals surface area contributed by atoms with Crippen LogP contribution < -0.4 is 5.32 Å². The van der Waals surface area contributed by atoms with Gasteiger partial charge in [0.15, 0.2) is 5.82 Å². The maximum atomic E-state index is 4.03. The molecule has 2 aromatic rings. The van der Waals surface area contributed by atoms with Gasteiger partial charge in [0, 0.05) is 0 Å². The molecule has 1 N–H and O–H groups in total. The average molecular weight is 231 g/mol. The van der Waals surface area contributed by atoms with Crippen LogP contribution in [0.25, 0.3) is 5.69 Å². The van der Waals surface area contributed by atoms with E-state index in [9.17, 15) is 0 Å². The zero-order valence-electron chi connectivity index (χ0n) is 10.2. The maximum Gasteiger partial charge on any atom is 0.170 e. The van der Waals surface area contributed by atoms with Crippen molar-refractivity contribution in [3.8, 4) is 5.69 Å². The SMILES string of the molecule is CCNCc1nnnn1-c1cccc(CC)c1. The van der Waals surface area contributed by atoms with Crippen molar-refractivity contribution in [3.05, 3.63) is 35.7 Å². The van der Waals surface area contributed by atoms with Crippen LogP contribution in [-0.4, -0.2) is 26.8 Å². The van der Waals surface area contributed by atoms with Gasteiger partial charge < -0.3 is 5.32 Å². The van der Waals surface area contributed by atoms with E-state index in [-0.39, 0.29) is 0 Å². The van der Waals surface area contributed by atoms with Crippen LogP contribution in [0.5, 0.6) is 0 Å². The van der Waals surface area contributed by atoms with Gasteiger partial charge in [-0.2, -0.15) is 4.68 Å². The molecule has 0 atom stereocenters. The summed E-state index contributed by atoms with van der Waals surface area (Å²) in [7, 11) is 0. The third-order valence-corrected chi connectivity index (χ3v) is 2.63. The molecule has 2 rings (SSSR count). The van der Waals surface area contributed by atoms with E-state index in [0.717, 1.165) is 24.5 Å². The topological polar surface area (TPSA) is 55.6 Å². The van der Waals surface area contributed by atoms with Gasteiger partial charge in [-0.25, -0.2) is 0 Å². The molecule has 0 aliphatic rings. The van der Waals surface area contributed by atoms with Crippen molar-refractivity contribution < 1.29 is 0 Å². The lowest BCUT2D eigenvalue weighted by Gasteiger charge is -2.06. The van der Waals surface area contributed by atoms with Gasteiger partial charge in [-0.05, 0) is 41.1 Å².